The lowest BCUT2D eigenvalue weighted by molar-refractivity contribution is 0.0781. The molecule has 2 aliphatic rings. The Morgan fingerprint density at radius 1 is 1.19 bits per heavy atom. The molecule has 2 aliphatic heterocycles. The molecule has 2 atom stereocenters. The molecule has 1 aromatic rings. The van der Waals surface area contributed by atoms with Crippen molar-refractivity contribution in [3.63, 3.8) is 0 Å². The van der Waals surface area contributed by atoms with Crippen LogP contribution in [0.5, 0.6) is 0 Å². The maximum Gasteiger partial charge on any atom is 0.253 e. The third-order valence-electron chi connectivity index (χ3n) is 4.19. The number of nitrogens with one attached hydrogen (secondary N) is 2. The first-order valence-electron chi connectivity index (χ1n) is 6.74. The quantitative estimate of drug-likeness (QED) is 0.787. The monoisotopic (exact) mass is 329 g/mol. The molecule has 3 rings (SSSR count). The van der Waals surface area contributed by atoms with E-state index in [0.717, 1.165) is 26.2 Å². The molecule has 114 valence electrons. The lowest BCUT2D eigenvalue weighted by Gasteiger charge is -2.17. The fraction of sp³-hybridized carbons (Fsp3) is 0.462. The van der Waals surface area contributed by atoms with Gasteiger partial charge in [0.15, 0.2) is 0 Å². The number of amides is 1. The molecule has 1 amide bonds. The van der Waals surface area contributed by atoms with Gasteiger partial charge >= 0.3 is 0 Å². The van der Waals surface area contributed by atoms with Gasteiger partial charge in [-0.15, -0.1) is 4.24 Å². The highest BCUT2D eigenvalue weighted by Gasteiger charge is 2.38. The van der Waals surface area contributed by atoms with Crippen molar-refractivity contribution in [1.29, 1.82) is 0 Å². The first kappa shape index (κ1) is 14.8. The summed E-state index contributed by atoms with van der Waals surface area (Å²) in [5.74, 6) is 1.02. The summed E-state index contributed by atoms with van der Waals surface area (Å²) < 4.78 is 24.8. The van der Waals surface area contributed by atoms with Gasteiger partial charge in [0.1, 0.15) is 0 Å². The van der Waals surface area contributed by atoms with Gasteiger partial charge in [0.25, 0.3) is 15.9 Å². The van der Waals surface area contributed by atoms with Gasteiger partial charge < -0.3 is 10.2 Å². The average Bonchev–Trinajstić information content (AvgIpc) is 3.08. The summed E-state index contributed by atoms with van der Waals surface area (Å²) in [6.07, 6.45) is 0. The molecule has 1 aromatic carbocycles. The van der Waals surface area contributed by atoms with E-state index in [-0.39, 0.29) is 10.8 Å². The Balaban J connectivity index is 1.74. The van der Waals surface area contributed by atoms with E-state index < -0.39 is 10.0 Å². The second-order valence-corrected chi connectivity index (χ2v) is 7.59. The van der Waals surface area contributed by atoms with Gasteiger partial charge in [0.2, 0.25) is 0 Å². The Kier molecular flexibility index (Phi) is 3.92. The van der Waals surface area contributed by atoms with Gasteiger partial charge in [-0.2, -0.15) is 0 Å². The van der Waals surface area contributed by atoms with Crippen LogP contribution >= 0.6 is 11.8 Å². The van der Waals surface area contributed by atoms with Crippen LogP contribution in [0.15, 0.2) is 29.2 Å². The highest BCUT2D eigenvalue weighted by atomic mass is 35.5. The number of nitrogens with zero attached hydrogens (tertiary/aromatic N) is 1. The predicted octanol–water partition coefficient (Wildman–Crippen LogP) is 0.410. The average molecular weight is 330 g/mol. The second-order valence-electron chi connectivity index (χ2n) is 5.49. The molecular weight excluding hydrogens is 314 g/mol. The Morgan fingerprint density at radius 3 is 2.29 bits per heavy atom. The minimum atomic E-state index is -3.69. The maximum atomic E-state index is 12.4. The van der Waals surface area contributed by atoms with Crippen molar-refractivity contribution in [3.8, 4) is 0 Å². The van der Waals surface area contributed by atoms with Crippen molar-refractivity contribution in [1.82, 2.24) is 14.5 Å². The van der Waals surface area contributed by atoms with Crippen molar-refractivity contribution in [2.75, 3.05) is 26.2 Å². The van der Waals surface area contributed by atoms with Crippen LogP contribution in [-0.2, 0) is 10.0 Å². The van der Waals surface area contributed by atoms with E-state index >= 15 is 0 Å². The molecule has 6 nitrogen and oxygen atoms in total. The zero-order chi connectivity index (χ0) is 15.0. The number of rotatable bonds is 3. The van der Waals surface area contributed by atoms with Crippen LogP contribution in [0.4, 0.5) is 0 Å². The van der Waals surface area contributed by atoms with Crippen molar-refractivity contribution in [2.45, 2.75) is 4.90 Å². The molecule has 0 radical (unpaired) electrons. The van der Waals surface area contributed by atoms with Crippen molar-refractivity contribution in [2.24, 2.45) is 11.8 Å². The lowest BCUT2D eigenvalue weighted by atomic mass is 10.0. The number of fused-ring (bicyclic) bond motifs is 1. The van der Waals surface area contributed by atoms with E-state index in [0.29, 0.717) is 17.4 Å². The van der Waals surface area contributed by atoms with Crippen molar-refractivity contribution >= 4 is 27.7 Å². The summed E-state index contributed by atoms with van der Waals surface area (Å²) in [6, 6.07) is 5.82. The molecule has 2 N–H and O–H groups in total. The van der Waals surface area contributed by atoms with E-state index in [4.69, 9.17) is 11.8 Å². The van der Waals surface area contributed by atoms with Gasteiger partial charge in [0, 0.05) is 31.7 Å². The summed E-state index contributed by atoms with van der Waals surface area (Å²) in [7, 11) is -3.69. The third-order valence-corrected chi connectivity index (χ3v) is 5.90. The first-order valence-corrected chi connectivity index (χ1v) is 8.60. The van der Waals surface area contributed by atoms with Crippen LogP contribution in [-0.4, -0.2) is 45.4 Å². The maximum absolute atomic E-state index is 12.4. The normalized spacial score (nSPS) is 25.1. The number of carbonyl (C=O) groups excluding carboxylic acids is 1. The topological polar surface area (TPSA) is 78.5 Å². The SMILES string of the molecule is O=C(c1ccc(S(=O)(=O)NCl)cc1)N1C[C@H]2CNC[C@@H]2C1. The molecule has 8 heteroatoms. The van der Waals surface area contributed by atoms with Crippen LogP contribution in [0, 0.1) is 11.8 Å². The second kappa shape index (κ2) is 5.57. The Bertz CT molecular complexity index is 635. The smallest absolute Gasteiger partial charge is 0.253 e. The van der Waals surface area contributed by atoms with Gasteiger partial charge in [-0.1, -0.05) is 0 Å². The molecule has 0 aliphatic carbocycles. The van der Waals surface area contributed by atoms with E-state index in [1.165, 1.54) is 24.3 Å². The number of benzene rings is 1. The first-order chi connectivity index (χ1) is 10.0. The fourth-order valence-electron chi connectivity index (χ4n) is 3.02. The van der Waals surface area contributed by atoms with Gasteiger partial charge in [-0.25, -0.2) is 8.42 Å². The molecule has 0 bridgehead atoms. The van der Waals surface area contributed by atoms with Gasteiger partial charge in [0.05, 0.1) is 4.90 Å². The number of sulfonamides is 1. The van der Waals surface area contributed by atoms with E-state index in [2.05, 4.69) is 5.32 Å². The highest BCUT2D eigenvalue weighted by molar-refractivity contribution is 7.90. The summed E-state index contributed by atoms with van der Waals surface area (Å²) in [6.45, 7) is 3.46. The van der Waals surface area contributed by atoms with Gasteiger partial charge in [-0.05, 0) is 47.9 Å². The largest absolute Gasteiger partial charge is 0.338 e. The van der Waals surface area contributed by atoms with E-state index in [9.17, 15) is 13.2 Å². The molecule has 0 unspecified atom stereocenters. The highest BCUT2D eigenvalue weighted by Crippen LogP contribution is 2.27. The number of halogens is 1. The molecule has 2 saturated heterocycles. The van der Waals surface area contributed by atoms with Crippen molar-refractivity contribution in [3.05, 3.63) is 29.8 Å². The molecule has 0 saturated carbocycles. The van der Waals surface area contributed by atoms with Crippen LogP contribution in [0.2, 0.25) is 0 Å². The lowest BCUT2D eigenvalue weighted by Crippen LogP contribution is -2.31. The number of hydrogen-bond donors (Lipinski definition) is 2. The summed E-state index contributed by atoms with van der Waals surface area (Å²) in [5, 5.41) is 3.33. The molecule has 0 aromatic heterocycles. The molecular formula is C13H16ClN3O3S. The number of likely N-dealkylation sites (tertiary alicyclic amines) is 1. The Morgan fingerprint density at radius 2 is 1.76 bits per heavy atom. The van der Waals surface area contributed by atoms with Crippen LogP contribution in [0.1, 0.15) is 10.4 Å². The molecule has 2 fully saturated rings. The molecule has 21 heavy (non-hydrogen) atoms. The minimum Gasteiger partial charge on any atom is -0.338 e. The summed E-state index contributed by atoms with van der Waals surface area (Å²) in [5.41, 5.74) is 0.497. The number of carbonyl (C=O) groups is 1. The summed E-state index contributed by atoms with van der Waals surface area (Å²) in [4.78, 5) is 14.3. The molecule has 2 heterocycles. The van der Waals surface area contributed by atoms with Crippen LogP contribution in [0.25, 0.3) is 0 Å². The Labute approximate surface area is 128 Å². The zero-order valence-corrected chi connectivity index (χ0v) is 12.8. The fourth-order valence-corrected chi connectivity index (χ4v) is 3.88. The third kappa shape index (κ3) is 2.78. The minimum absolute atomic E-state index is 0.0385. The standard InChI is InChI=1S/C13H16ClN3O3S/c14-16-21(19,20)12-3-1-9(2-4-12)13(18)17-7-10-5-15-6-11(10)8-17/h1-4,10-11,15-16H,5-8H2/t10-,11-/m1/s1. The van der Waals surface area contributed by atoms with E-state index in [1.807, 2.05) is 4.90 Å². The van der Waals surface area contributed by atoms with E-state index in [1.54, 1.807) is 4.24 Å². The Hall–Kier alpha value is -1.15. The summed E-state index contributed by atoms with van der Waals surface area (Å²) >= 11 is 5.17. The number of hydrogen-bond acceptors (Lipinski definition) is 4. The molecule has 0 spiro atoms. The zero-order valence-electron chi connectivity index (χ0n) is 11.3. The van der Waals surface area contributed by atoms with Gasteiger partial charge in [-0.3, -0.25) is 4.79 Å². The van der Waals surface area contributed by atoms with Crippen LogP contribution < -0.4 is 9.56 Å². The predicted molar refractivity (Wildman–Crippen MR) is 78.4 cm³/mol. The van der Waals surface area contributed by atoms with Crippen LogP contribution in [0.3, 0.4) is 0 Å². The van der Waals surface area contributed by atoms with Crippen molar-refractivity contribution < 1.29 is 13.2 Å².